The van der Waals surface area contributed by atoms with Gasteiger partial charge in [-0.1, -0.05) is 12.1 Å². The minimum Gasteiger partial charge on any atom is -0.387 e. The summed E-state index contributed by atoms with van der Waals surface area (Å²) in [5, 5.41) is 13.5. The highest BCUT2D eigenvalue weighted by atomic mass is 19.1. The lowest BCUT2D eigenvalue weighted by Gasteiger charge is -2.23. The summed E-state index contributed by atoms with van der Waals surface area (Å²) in [6.07, 6.45) is 1.33. The Bertz CT molecular complexity index is 378. The van der Waals surface area contributed by atoms with Gasteiger partial charge < -0.3 is 10.4 Å². The first-order chi connectivity index (χ1) is 7.48. The van der Waals surface area contributed by atoms with Crippen LogP contribution in [0.3, 0.4) is 0 Å². The Morgan fingerprint density at radius 2 is 2.25 bits per heavy atom. The van der Waals surface area contributed by atoms with Crippen molar-refractivity contribution in [3.63, 3.8) is 0 Å². The van der Waals surface area contributed by atoms with Gasteiger partial charge in [-0.3, -0.25) is 0 Å². The van der Waals surface area contributed by atoms with E-state index in [2.05, 4.69) is 19.2 Å². The first-order valence-electron chi connectivity index (χ1n) is 5.69. The van der Waals surface area contributed by atoms with E-state index in [0.29, 0.717) is 5.56 Å². The van der Waals surface area contributed by atoms with Gasteiger partial charge in [-0.25, -0.2) is 4.39 Å². The summed E-state index contributed by atoms with van der Waals surface area (Å²) in [5.41, 5.74) is 0.717. The van der Waals surface area contributed by atoms with Gasteiger partial charge in [0.05, 0.1) is 6.10 Å². The molecule has 1 fully saturated rings. The Morgan fingerprint density at radius 1 is 1.50 bits per heavy atom. The van der Waals surface area contributed by atoms with Crippen LogP contribution in [0.1, 0.15) is 38.4 Å². The monoisotopic (exact) mass is 223 g/mol. The lowest BCUT2D eigenvalue weighted by molar-refractivity contribution is 0.131. The molecular formula is C13H18FNO. The Hall–Kier alpha value is -0.930. The molecule has 1 saturated heterocycles. The van der Waals surface area contributed by atoms with E-state index in [1.807, 2.05) is 0 Å². The molecule has 1 aliphatic heterocycles. The fourth-order valence-corrected chi connectivity index (χ4v) is 2.32. The number of nitrogens with one attached hydrogen (secondary N) is 1. The molecule has 2 rings (SSSR count). The van der Waals surface area contributed by atoms with Gasteiger partial charge in [0.2, 0.25) is 0 Å². The van der Waals surface area contributed by atoms with Gasteiger partial charge in [0.15, 0.2) is 0 Å². The normalized spacial score (nSPS) is 25.6. The van der Waals surface area contributed by atoms with Crippen molar-refractivity contribution in [3.8, 4) is 0 Å². The summed E-state index contributed by atoms with van der Waals surface area (Å²) in [5.74, 6) is -0.297. The van der Waals surface area contributed by atoms with Crippen LogP contribution in [0.2, 0.25) is 0 Å². The van der Waals surface area contributed by atoms with E-state index < -0.39 is 6.10 Å². The second-order valence-corrected chi connectivity index (χ2v) is 5.17. The molecule has 0 amide bonds. The molecule has 0 radical (unpaired) electrons. The van der Waals surface area contributed by atoms with Crippen LogP contribution in [-0.2, 0) is 0 Å². The molecule has 0 spiro atoms. The van der Waals surface area contributed by atoms with Gasteiger partial charge in [-0.2, -0.15) is 0 Å². The Labute approximate surface area is 95.5 Å². The third kappa shape index (κ3) is 2.42. The second kappa shape index (κ2) is 4.15. The lowest BCUT2D eigenvalue weighted by atomic mass is 10.00. The molecule has 1 heterocycles. The highest BCUT2D eigenvalue weighted by Crippen LogP contribution is 2.30. The van der Waals surface area contributed by atoms with Gasteiger partial charge in [0.25, 0.3) is 0 Å². The van der Waals surface area contributed by atoms with E-state index in [4.69, 9.17) is 0 Å². The topological polar surface area (TPSA) is 32.3 Å². The standard InChI is InChI=1S/C13H18FNO/c1-13(2)7-6-11(15-13)12(16)9-4-3-5-10(14)8-9/h3-5,8,11-12,15-16H,6-7H2,1-2H3/t11-,12?/m1/s1. The number of hydrogen-bond acceptors (Lipinski definition) is 2. The average molecular weight is 223 g/mol. The molecule has 16 heavy (non-hydrogen) atoms. The molecule has 1 aromatic carbocycles. The zero-order valence-corrected chi connectivity index (χ0v) is 9.70. The summed E-state index contributed by atoms with van der Waals surface area (Å²) < 4.78 is 13.0. The van der Waals surface area contributed by atoms with Gasteiger partial charge in [0, 0.05) is 11.6 Å². The van der Waals surface area contributed by atoms with E-state index in [1.54, 1.807) is 12.1 Å². The average Bonchev–Trinajstić information content (AvgIpc) is 2.58. The molecule has 0 saturated carbocycles. The third-order valence-electron chi connectivity index (χ3n) is 3.23. The summed E-state index contributed by atoms with van der Waals surface area (Å²) >= 11 is 0. The highest BCUT2D eigenvalue weighted by molar-refractivity contribution is 5.21. The second-order valence-electron chi connectivity index (χ2n) is 5.17. The maximum absolute atomic E-state index is 13.0. The van der Waals surface area contributed by atoms with Crippen molar-refractivity contribution in [2.45, 2.75) is 44.4 Å². The summed E-state index contributed by atoms with van der Waals surface area (Å²) in [6.45, 7) is 4.23. The predicted octanol–water partition coefficient (Wildman–Crippen LogP) is 2.39. The molecule has 88 valence electrons. The van der Waals surface area contributed by atoms with Crippen molar-refractivity contribution in [2.24, 2.45) is 0 Å². The van der Waals surface area contributed by atoms with Crippen LogP contribution in [0, 0.1) is 5.82 Å². The lowest BCUT2D eigenvalue weighted by Crippen LogP contribution is -2.40. The summed E-state index contributed by atoms with van der Waals surface area (Å²) in [4.78, 5) is 0. The van der Waals surface area contributed by atoms with Gasteiger partial charge in [-0.05, 0) is 44.4 Å². The molecule has 1 aliphatic rings. The summed E-state index contributed by atoms with van der Waals surface area (Å²) in [7, 11) is 0. The molecule has 2 nitrogen and oxygen atoms in total. The fraction of sp³-hybridized carbons (Fsp3) is 0.538. The molecule has 3 heteroatoms. The first kappa shape index (κ1) is 11.6. The summed E-state index contributed by atoms with van der Waals surface area (Å²) in [6, 6.07) is 6.21. The van der Waals surface area contributed by atoms with Crippen LogP contribution in [0.25, 0.3) is 0 Å². The molecular weight excluding hydrogens is 205 g/mol. The van der Waals surface area contributed by atoms with Crippen LogP contribution in [0.5, 0.6) is 0 Å². The number of halogens is 1. The van der Waals surface area contributed by atoms with E-state index >= 15 is 0 Å². The van der Waals surface area contributed by atoms with Crippen LogP contribution in [-0.4, -0.2) is 16.7 Å². The van der Waals surface area contributed by atoms with Gasteiger partial charge in [-0.15, -0.1) is 0 Å². The van der Waals surface area contributed by atoms with Crippen molar-refractivity contribution in [1.29, 1.82) is 0 Å². The maximum atomic E-state index is 13.0. The van der Waals surface area contributed by atoms with Gasteiger partial charge >= 0.3 is 0 Å². The number of rotatable bonds is 2. The van der Waals surface area contributed by atoms with Crippen LogP contribution < -0.4 is 5.32 Å². The van der Waals surface area contributed by atoms with E-state index in [9.17, 15) is 9.50 Å². The molecule has 1 aromatic rings. The Morgan fingerprint density at radius 3 is 2.81 bits per heavy atom. The SMILES string of the molecule is CC1(C)CC[C@H](C(O)c2cccc(F)c2)N1. The molecule has 2 atom stereocenters. The van der Waals surface area contributed by atoms with E-state index in [0.717, 1.165) is 12.8 Å². The van der Waals surface area contributed by atoms with Crippen molar-refractivity contribution in [1.82, 2.24) is 5.32 Å². The number of aliphatic hydroxyl groups excluding tert-OH is 1. The Balaban J connectivity index is 2.11. The quantitative estimate of drug-likeness (QED) is 0.807. The highest BCUT2D eigenvalue weighted by Gasteiger charge is 2.34. The maximum Gasteiger partial charge on any atom is 0.123 e. The van der Waals surface area contributed by atoms with Crippen LogP contribution >= 0.6 is 0 Å². The molecule has 2 N–H and O–H groups in total. The van der Waals surface area contributed by atoms with Crippen molar-refractivity contribution < 1.29 is 9.50 Å². The molecule has 1 unspecified atom stereocenters. The zero-order valence-electron chi connectivity index (χ0n) is 9.70. The third-order valence-corrected chi connectivity index (χ3v) is 3.23. The zero-order chi connectivity index (χ0) is 11.8. The first-order valence-corrected chi connectivity index (χ1v) is 5.69. The molecule has 0 bridgehead atoms. The van der Waals surface area contributed by atoms with Crippen molar-refractivity contribution in [3.05, 3.63) is 35.6 Å². The number of aliphatic hydroxyl groups is 1. The predicted molar refractivity (Wildman–Crippen MR) is 61.6 cm³/mol. The van der Waals surface area contributed by atoms with Crippen LogP contribution in [0.4, 0.5) is 4.39 Å². The van der Waals surface area contributed by atoms with Crippen LogP contribution in [0.15, 0.2) is 24.3 Å². The Kier molecular flexibility index (Phi) is 3.00. The van der Waals surface area contributed by atoms with Crippen molar-refractivity contribution >= 4 is 0 Å². The number of hydrogen-bond donors (Lipinski definition) is 2. The molecule has 0 aliphatic carbocycles. The smallest absolute Gasteiger partial charge is 0.123 e. The van der Waals surface area contributed by atoms with Gasteiger partial charge in [0.1, 0.15) is 5.82 Å². The van der Waals surface area contributed by atoms with E-state index in [1.165, 1.54) is 12.1 Å². The fourth-order valence-electron chi connectivity index (χ4n) is 2.32. The largest absolute Gasteiger partial charge is 0.387 e. The molecule has 0 aromatic heterocycles. The number of benzene rings is 1. The van der Waals surface area contributed by atoms with E-state index in [-0.39, 0.29) is 17.4 Å². The minimum atomic E-state index is -0.627. The minimum absolute atomic E-state index is 0.0248. The van der Waals surface area contributed by atoms with Crippen molar-refractivity contribution in [2.75, 3.05) is 0 Å².